The van der Waals surface area contributed by atoms with Gasteiger partial charge in [0.15, 0.2) is 5.76 Å². The molecular weight excluding hydrogens is 250 g/mol. The summed E-state index contributed by atoms with van der Waals surface area (Å²) < 4.78 is 6.86. The molecule has 2 amide bonds. The Hall–Kier alpha value is -2.61. The minimum absolute atomic E-state index is 0.153. The van der Waals surface area contributed by atoms with Crippen molar-refractivity contribution in [3.05, 3.63) is 41.1 Å². The number of nitrogens with one attached hydrogen (secondary N) is 1. The van der Waals surface area contributed by atoms with E-state index in [-0.39, 0.29) is 12.3 Å². The molecule has 2 aromatic rings. The summed E-state index contributed by atoms with van der Waals surface area (Å²) in [6.45, 7) is 2.02. The van der Waals surface area contributed by atoms with E-state index >= 15 is 0 Å². The number of aryl methyl sites for hydroxylation is 1. The third kappa shape index (κ3) is 2.63. The Morgan fingerprint density at radius 1 is 1.53 bits per heavy atom. The molecule has 0 aliphatic heterocycles. The largest absolute Gasteiger partial charge is 0.454 e. The highest BCUT2D eigenvalue weighted by Gasteiger charge is 2.15. The van der Waals surface area contributed by atoms with Gasteiger partial charge < -0.3 is 10.2 Å². The summed E-state index contributed by atoms with van der Waals surface area (Å²) in [7, 11) is 0. The molecule has 0 aromatic carbocycles. The van der Waals surface area contributed by atoms with Crippen LogP contribution in [0.4, 0.5) is 0 Å². The van der Waals surface area contributed by atoms with Gasteiger partial charge in [-0.2, -0.15) is 5.10 Å². The summed E-state index contributed by atoms with van der Waals surface area (Å²) in [5, 5.41) is 3.97. The third-order valence-electron chi connectivity index (χ3n) is 2.54. The van der Waals surface area contributed by atoms with Crippen LogP contribution in [0.2, 0.25) is 0 Å². The van der Waals surface area contributed by atoms with E-state index in [1.807, 2.05) is 5.43 Å². The van der Waals surface area contributed by atoms with E-state index in [0.29, 0.717) is 16.9 Å². The second kappa shape index (κ2) is 4.94. The summed E-state index contributed by atoms with van der Waals surface area (Å²) in [4.78, 5) is 22.3. The monoisotopic (exact) mass is 263 g/mol. The van der Waals surface area contributed by atoms with Gasteiger partial charge in [-0.25, -0.2) is 5.84 Å². The number of amides is 2. The predicted molar refractivity (Wildman–Crippen MR) is 64.9 cm³/mol. The second-order valence-electron chi connectivity index (χ2n) is 3.99. The van der Waals surface area contributed by atoms with Crippen LogP contribution in [0, 0.1) is 6.92 Å². The fourth-order valence-electron chi connectivity index (χ4n) is 1.65. The van der Waals surface area contributed by atoms with E-state index in [9.17, 15) is 9.59 Å². The third-order valence-corrected chi connectivity index (χ3v) is 2.54. The molecule has 2 aromatic heterocycles. The molecule has 0 atom stereocenters. The number of nitrogens with zero attached hydrogens (tertiary/aromatic N) is 2. The predicted octanol–water partition coefficient (Wildman–Crippen LogP) is -0.465. The highest BCUT2D eigenvalue weighted by atomic mass is 16.4. The fourth-order valence-corrected chi connectivity index (χ4v) is 1.65. The van der Waals surface area contributed by atoms with Gasteiger partial charge in [-0.15, -0.1) is 0 Å². The molecule has 5 N–H and O–H groups in total. The second-order valence-corrected chi connectivity index (χ2v) is 3.99. The van der Waals surface area contributed by atoms with Crippen molar-refractivity contribution in [1.29, 1.82) is 0 Å². The molecular formula is C11H13N5O3. The number of aromatic nitrogens is 2. The first kappa shape index (κ1) is 12.8. The molecule has 2 rings (SSSR count). The molecule has 0 fully saturated rings. The molecule has 2 heterocycles. The van der Waals surface area contributed by atoms with E-state index in [1.54, 1.807) is 13.0 Å². The molecule has 8 nitrogen and oxygen atoms in total. The van der Waals surface area contributed by atoms with Crippen molar-refractivity contribution in [2.75, 3.05) is 0 Å². The number of nitrogens with two attached hydrogens (primary N) is 2. The number of carbonyl (C=O) groups excluding carboxylic acids is 2. The molecule has 19 heavy (non-hydrogen) atoms. The Bertz CT molecular complexity index is 628. The van der Waals surface area contributed by atoms with Crippen LogP contribution in [0.25, 0.3) is 0 Å². The number of rotatable bonds is 4. The Kier molecular flexibility index (Phi) is 3.34. The topological polar surface area (TPSA) is 129 Å². The molecule has 0 saturated heterocycles. The summed E-state index contributed by atoms with van der Waals surface area (Å²) >= 11 is 0. The lowest BCUT2D eigenvalue weighted by molar-refractivity contribution is 0.0922. The maximum atomic E-state index is 11.4. The first-order valence-corrected chi connectivity index (χ1v) is 5.43. The van der Waals surface area contributed by atoms with E-state index in [2.05, 4.69) is 5.10 Å². The van der Waals surface area contributed by atoms with Crippen molar-refractivity contribution in [3.8, 4) is 0 Å². The highest BCUT2D eigenvalue weighted by Crippen LogP contribution is 2.15. The number of primary amides is 1. The summed E-state index contributed by atoms with van der Waals surface area (Å²) in [6.07, 6.45) is 2.87. The molecule has 0 aliphatic rings. The fraction of sp³-hybridized carbons (Fsp3) is 0.182. The van der Waals surface area contributed by atoms with Gasteiger partial charge in [0, 0.05) is 11.8 Å². The standard InChI is InChI=1S/C11H13N5O3/c1-6-2-8(19-9(6)11(18)15-13)5-16-4-7(3-14-16)10(12)17/h2-4H,5,13H2,1H3,(H2,12,17)(H,15,18). The molecule has 0 unspecified atom stereocenters. The Balaban J connectivity index is 2.19. The van der Waals surface area contributed by atoms with Crippen molar-refractivity contribution in [3.63, 3.8) is 0 Å². The first-order valence-electron chi connectivity index (χ1n) is 5.43. The van der Waals surface area contributed by atoms with E-state index in [4.69, 9.17) is 16.0 Å². The van der Waals surface area contributed by atoms with Gasteiger partial charge in [0.25, 0.3) is 5.91 Å². The van der Waals surface area contributed by atoms with Gasteiger partial charge in [-0.3, -0.25) is 19.7 Å². The number of furan rings is 1. The number of hydrazine groups is 1. The maximum absolute atomic E-state index is 11.4. The molecule has 0 bridgehead atoms. The van der Waals surface area contributed by atoms with Crippen LogP contribution in [0.15, 0.2) is 22.9 Å². The Morgan fingerprint density at radius 3 is 2.84 bits per heavy atom. The lowest BCUT2D eigenvalue weighted by Crippen LogP contribution is -2.30. The normalized spacial score (nSPS) is 10.4. The number of hydrogen-bond donors (Lipinski definition) is 3. The molecule has 0 spiro atoms. The van der Waals surface area contributed by atoms with E-state index < -0.39 is 11.8 Å². The van der Waals surface area contributed by atoms with Gasteiger partial charge in [0.2, 0.25) is 0 Å². The van der Waals surface area contributed by atoms with E-state index in [1.165, 1.54) is 17.1 Å². The molecule has 100 valence electrons. The van der Waals surface area contributed by atoms with Crippen LogP contribution in [-0.4, -0.2) is 21.6 Å². The average Bonchev–Trinajstić information content (AvgIpc) is 2.96. The Morgan fingerprint density at radius 2 is 2.26 bits per heavy atom. The molecule has 0 saturated carbocycles. The smallest absolute Gasteiger partial charge is 0.301 e. The van der Waals surface area contributed by atoms with Crippen LogP contribution < -0.4 is 17.0 Å². The van der Waals surface area contributed by atoms with Gasteiger partial charge in [0.05, 0.1) is 18.3 Å². The summed E-state index contributed by atoms with van der Waals surface area (Å²) in [5.41, 5.74) is 8.10. The molecule has 0 radical (unpaired) electrons. The van der Waals surface area contributed by atoms with Crippen molar-refractivity contribution in [2.45, 2.75) is 13.5 Å². The zero-order valence-corrected chi connectivity index (χ0v) is 10.2. The lowest BCUT2D eigenvalue weighted by atomic mass is 10.2. The van der Waals surface area contributed by atoms with Crippen LogP contribution >= 0.6 is 0 Å². The Labute approximate surface area is 108 Å². The maximum Gasteiger partial charge on any atom is 0.301 e. The zero-order chi connectivity index (χ0) is 14.0. The number of hydrogen-bond acceptors (Lipinski definition) is 5. The van der Waals surface area contributed by atoms with Crippen molar-refractivity contribution in [1.82, 2.24) is 15.2 Å². The quantitative estimate of drug-likeness (QED) is 0.390. The average molecular weight is 263 g/mol. The highest BCUT2D eigenvalue weighted by molar-refractivity contribution is 5.92. The minimum Gasteiger partial charge on any atom is -0.454 e. The van der Waals surface area contributed by atoms with Crippen molar-refractivity contribution in [2.24, 2.45) is 11.6 Å². The van der Waals surface area contributed by atoms with Gasteiger partial charge >= 0.3 is 5.91 Å². The SMILES string of the molecule is Cc1cc(Cn2cc(C(N)=O)cn2)oc1C(=O)NN. The van der Waals surface area contributed by atoms with Crippen LogP contribution in [0.1, 0.15) is 32.2 Å². The number of nitrogen functional groups attached to an aromatic ring is 1. The first-order chi connectivity index (χ1) is 9.01. The molecule has 8 heteroatoms. The lowest BCUT2D eigenvalue weighted by Gasteiger charge is -1.98. The van der Waals surface area contributed by atoms with Gasteiger partial charge in [-0.1, -0.05) is 0 Å². The summed E-state index contributed by atoms with van der Waals surface area (Å²) in [5.74, 6) is 4.67. The number of carbonyl (C=O) groups is 2. The summed E-state index contributed by atoms with van der Waals surface area (Å²) in [6, 6.07) is 1.70. The van der Waals surface area contributed by atoms with Crippen molar-refractivity contribution >= 4 is 11.8 Å². The van der Waals surface area contributed by atoms with Crippen LogP contribution in [0.3, 0.4) is 0 Å². The minimum atomic E-state index is -0.551. The van der Waals surface area contributed by atoms with Gasteiger partial charge in [-0.05, 0) is 13.0 Å². The molecule has 0 aliphatic carbocycles. The zero-order valence-electron chi connectivity index (χ0n) is 10.2. The van der Waals surface area contributed by atoms with Crippen molar-refractivity contribution < 1.29 is 14.0 Å². The van der Waals surface area contributed by atoms with Gasteiger partial charge in [0.1, 0.15) is 5.76 Å². The van der Waals surface area contributed by atoms with E-state index in [0.717, 1.165) is 0 Å². The van der Waals surface area contributed by atoms with Crippen LogP contribution in [0.5, 0.6) is 0 Å². The van der Waals surface area contributed by atoms with Crippen LogP contribution in [-0.2, 0) is 6.54 Å².